The molecule has 2 N–H and O–H groups in total. The van der Waals surface area contributed by atoms with Crippen molar-refractivity contribution in [3.63, 3.8) is 0 Å². The van der Waals surface area contributed by atoms with Gasteiger partial charge in [-0.25, -0.2) is 9.18 Å². The summed E-state index contributed by atoms with van der Waals surface area (Å²) in [4.78, 5) is 49.7. The predicted octanol–water partition coefficient (Wildman–Crippen LogP) is 1.49. The summed E-state index contributed by atoms with van der Waals surface area (Å²) in [6.45, 7) is 1.00. The molecule has 0 unspecified atom stereocenters. The Morgan fingerprint density at radius 1 is 1.28 bits per heavy atom. The third-order valence-electron chi connectivity index (χ3n) is 5.56. The Balaban J connectivity index is 1.46. The molecule has 2 atom stereocenters. The van der Waals surface area contributed by atoms with Crippen LogP contribution in [-0.4, -0.2) is 47.4 Å². The van der Waals surface area contributed by atoms with Crippen LogP contribution in [0, 0.1) is 11.7 Å². The van der Waals surface area contributed by atoms with Gasteiger partial charge in [0.1, 0.15) is 17.9 Å². The van der Waals surface area contributed by atoms with Gasteiger partial charge in [-0.05, 0) is 36.5 Å². The number of amides is 4. The van der Waals surface area contributed by atoms with Gasteiger partial charge in [0.2, 0.25) is 0 Å². The number of halogens is 1. The molecule has 29 heavy (non-hydrogen) atoms. The quantitative estimate of drug-likeness (QED) is 0.551. The maximum Gasteiger partial charge on any atom is 0.326 e. The SMILES string of the molecule is C[C@@H]1CCCC[C@@]12NC(=O)N(CC(=O)OCC(=O)NCc1ccc(F)cc1)C2=O. The van der Waals surface area contributed by atoms with Gasteiger partial charge >= 0.3 is 12.0 Å². The summed E-state index contributed by atoms with van der Waals surface area (Å²) in [5, 5.41) is 5.29. The van der Waals surface area contributed by atoms with Crippen LogP contribution in [0.3, 0.4) is 0 Å². The van der Waals surface area contributed by atoms with Crippen LogP contribution in [-0.2, 0) is 25.7 Å². The maximum atomic E-state index is 12.9. The number of rotatable bonds is 6. The largest absolute Gasteiger partial charge is 0.454 e. The molecule has 0 radical (unpaired) electrons. The molecule has 2 fully saturated rings. The van der Waals surface area contributed by atoms with Gasteiger partial charge < -0.3 is 15.4 Å². The van der Waals surface area contributed by atoms with Crippen molar-refractivity contribution in [1.29, 1.82) is 0 Å². The van der Waals surface area contributed by atoms with E-state index in [1.807, 2.05) is 6.92 Å². The third kappa shape index (κ3) is 4.55. The van der Waals surface area contributed by atoms with Crippen molar-refractivity contribution >= 4 is 23.8 Å². The molecule has 0 bridgehead atoms. The highest BCUT2D eigenvalue weighted by Gasteiger charge is 2.55. The minimum Gasteiger partial charge on any atom is -0.454 e. The fourth-order valence-electron chi connectivity index (χ4n) is 3.81. The van der Waals surface area contributed by atoms with Crippen LogP contribution < -0.4 is 10.6 Å². The molecule has 8 nitrogen and oxygen atoms in total. The van der Waals surface area contributed by atoms with Gasteiger partial charge in [0.25, 0.3) is 11.8 Å². The molecule has 1 aromatic carbocycles. The van der Waals surface area contributed by atoms with E-state index in [1.54, 1.807) is 0 Å². The molecule has 2 aliphatic rings. The number of benzene rings is 1. The predicted molar refractivity (Wildman–Crippen MR) is 99.8 cm³/mol. The minimum atomic E-state index is -0.942. The molecule has 1 spiro atoms. The Hall–Kier alpha value is -2.97. The Labute approximate surface area is 167 Å². The lowest BCUT2D eigenvalue weighted by Crippen LogP contribution is -2.54. The first kappa shape index (κ1) is 20.8. The summed E-state index contributed by atoms with van der Waals surface area (Å²) < 4.78 is 17.7. The molecule has 1 aliphatic carbocycles. The molecule has 3 rings (SSSR count). The van der Waals surface area contributed by atoms with Crippen LogP contribution in [0.15, 0.2) is 24.3 Å². The molecule has 1 aliphatic heterocycles. The Morgan fingerprint density at radius 3 is 2.69 bits per heavy atom. The van der Waals surface area contributed by atoms with E-state index in [2.05, 4.69) is 10.6 Å². The molecule has 1 saturated carbocycles. The highest BCUT2D eigenvalue weighted by atomic mass is 19.1. The summed E-state index contributed by atoms with van der Waals surface area (Å²) in [7, 11) is 0. The van der Waals surface area contributed by atoms with E-state index in [9.17, 15) is 23.6 Å². The van der Waals surface area contributed by atoms with Crippen molar-refractivity contribution in [2.75, 3.05) is 13.2 Å². The average molecular weight is 405 g/mol. The number of carbonyl (C=O) groups excluding carboxylic acids is 4. The number of ether oxygens (including phenoxy) is 1. The summed E-state index contributed by atoms with van der Waals surface area (Å²) in [6, 6.07) is 5.00. The number of nitrogens with zero attached hydrogens (tertiary/aromatic N) is 1. The van der Waals surface area contributed by atoms with E-state index in [0.29, 0.717) is 12.0 Å². The third-order valence-corrected chi connectivity index (χ3v) is 5.56. The van der Waals surface area contributed by atoms with E-state index in [0.717, 1.165) is 24.2 Å². The normalized spacial score (nSPS) is 23.8. The van der Waals surface area contributed by atoms with E-state index in [-0.39, 0.29) is 18.3 Å². The number of hydrogen-bond acceptors (Lipinski definition) is 5. The van der Waals surface area contributed by atoms with Crippen LogP contribution >= 0.6 is 0 Å². The van der Waals surface area contributed by atoms with Crippen molar-refractivity contribution in [3.05, 3.63) is 35.6 Å². The van der Waals surface area contributed by atoms with Crippen molar-refractivity contribution in [1.82, 2.24) is 15.5 Å². The van der Waals surface area contributed by atoms with Crippen molar-refractivity contribution < 1.29 is 28.3 Å². The summed E-state index contributed by atoms with van der Waals surface area (Å²) in [6.07, 6.45) is 3.22. The second-order valence-corrected chi connectivity index (χ2v) is 7.50. The number of esters is 1. The van der Waals surface area contributed by atoms with E-state index in [1.165, 1.54) is 24.3 Å². The molecule has 1 aromatic rings. The number of urea groups is 1. The molecule has 9 heteroatoms. The highest BCUT2D eigenvalue weighted by Crippen LogP contribution is 2.38. The van der Waals surface area contributed by atoms with Crippen LogP contribution in [0.25, 0.3) is 0 Å². The summed E-state index contributed by atoms with van der Waals surface area (Å²) in [5.41, 5.74) is -0.250. The second kappa shape index (κ2) is 8.59. The van der Waals surface area contributed by atoms with Crippen molar-refractivity contribution in [2.45, 2.75) is 44.7 Å². The first-order valence-corrected chi connectivity index (χ1v) is 9.63. The fourth-order valence-corrected chi connectivity index (χ4v) is 3.81. The van der Waals surface area contributed by atoms with Gasteiger partial charge in [0.05, 0.1) is 0 Å². The zero-order valence-electron chi connectivity index (χ0n) is 16.2. The number of nitrogens with one attached hydrogen (secondary N) is 2. The Kier molecular flexibility index (Phi) is 6.14. The number of carbonyl (C=O) groups is 4. The monoisotopic (exact) mass is 405 g/mol. The molecular weight excluding hydrogens is 381 g/mol. The topological polar surface area (TPSA) is 105 Å². The Bertz CT molecular complexity index is 813. The van der Waals surface area contributed by atoms with Crippen molar-refractivity contribution in [3.8, 4) is 0 Å². The smallest absolute Gasteiger partial charge is 0.326 e. The first-order chi connectivity index (χ1) is 13.8. The lowest BCUT2D eigenvalue weighted by molar-refractivity contribution is -0.151. The minimum absolute atomic E-state index is 0.00837. The van der Waals surface area contributed by atoms with Gasteiger partial charge in [0.15, 0.2) is 6.61 Å². The van der Waals surface area contributed by atoms with Crippen LogP contribution in [0.2, 0.25) is 0 Å². The lowest BCUT2D eigenvalue weighted by Gasteiger charge is -2.36. The van der Waals surface area contributed by atoms with Crippen molar-refractivity contribution in [2.24, 2.45) is 5.92 Å². The van der Waals surface area contributed by atoms with E-state index in [4.69, 9.17) is 4.74 Å². The molecule has 1 saturated heterocycles. The molecule has 156 valence electrons. The van der Waals surface area contributed by atoms with Gasteiger partial charge in [-0.3, -0.25) is 19.3 Å². The maximum absolute atomic E-state index is 12.9. The van der Waals surface area contributed by atoms with E-state index >= 15 is 0 Å². The van der Waals surface area contributed by atoms with Gasteiger partial charge in [-0.2, -0.15) is 0 Å². The summed E-state index contributed by atoms with van der Waals surface area (Å²) in [5.74, 6) is -2.18. The second-order valence-electron chi connectivity index (χ2n) is 7.50. The summed E-state index contributed by atoms with van der Waals surface area (Å²) >= 11 is 0. The van der Waals surface area contributed by atoms with Crippen LogP contribution in [0.4, 0.5) is 9.18 Å². The zero-order valence-corrected chi connectivity index (χ0v) is 16.2. The van der Waals surface area contributed by atoms with Gasteiger partial charge in [-0.15, -0.1) is 0 Å². The molecule has 0 aromatic heterocycles. The number of imide groups is 1. The van der Waals surface area contributed by atoms with Gasteiger partial charge in [0, 0.05) is 6.54 Å². The standard InChI is InChI=1S/C20H24FN3O5/c1-13-4-2-3-9-20(13)18(27)24(19(28)23-20)11-17(26)29-12-16(25)22-10-14-5-7-15(21)8-6-14/h5-8,13H,2-4,9-12H2,1H3,(H,22,25)(H,23,28)/t13-,20-/m1/s1. The average Bonchev–Trinajstić information content (AvgIpc) is 2.93. The number of hydrogen-bond donors (Lipinski definition) is 2. The first-order valence-electron chi connectivity index (χ1n) is 9.63. The lowest BCUT2D eigenvalue weighted by atomic mass is 9.73. The van der Waals surface area contributed by atoms with Crippen LogP contribution in [0.1, 0.15) is 38.2 Å². The fraction of sp³-hybridized carbons (Fsp3) is 0.500. The van der Waals surface area contributed by atoms with Gasteiger partial charge in [-0.1, -0.05) is 31.9 Å². The van der Waals surface area contributed by atoms with Crippen LogP contribution in [0.5, 0.6) is 0 Å². The molecule has 4 amide bonds. The zero-order chi connectivity index (χ0) is 21.0. The Morgan fingerprint density at radius 2 is 2.00 bits per heavy atom. The molecule has 1 heterocycles. The highest BCUT2D eigenvalue weighted by molar-refractivity contribution is 6.09. The van der Waals surface area contributed by atoms with E-state index < -0.39 is 42.5 Å². The molecular formula is C20H24FN3O5.